The van der Waals surface area contributed by atoms with Crippen LogP contribution in [-0.2, 0) is 14.2 Å². The van der Waals surface area contributed by atoms with E-state index in [1.807, 2.05) is 0 Å². The zero-order valence-corrected chi connectivity index (χ0v) is 11.6. The maximum absolute atomic E-state index is 12.3. The average molecular weight is 372 g/mol. The van der Waals surface area contributed by atoms with Gasteiger partial charge in [-0.3, -0.25) is 0 Å². The van der Waals surface area contributed by atoms with E-state index in [-0.39, 0.29) is 16.8 Å². The first-order valence-corrected chi connectivity index (χ1v) is 5.74. The molecule has 0 amide bonds. The maximum atomic E-state index is 12.3. The molecule has 0 saturated carbocycles. The largest absolute Gasteiger partial charge is 0.416 e. The second-order valence-electron chi connectivity index (χ2n) is 2.60. The summed E-state index contributed by atoms with van der Waals surface area (Å²) in [6.45, 7) is -0.150. The van der Waals surface area contributed by atoms with Crippen LogP contribution in [0.1, 0.15) is 0 Å². The van der Waals surface area contributed by atoms with E-state index < -0.39 is 18.4 Å². The molecule has 0 unspecified atom stereocenters. The van der Waals surface area contributed by atoms with E-state index in [4.69, 9.17) is 9.47 Å². The number of alkyl halides is 3. The van der Waals surface area contributed by atoms with Gasteiger partial charge in [-0.2, -0.15) is 13.2 Å². The van der Waals surface area contributed by atoms with E-state index in [9.17, 15) is 13.2 Å². The van der Waals surface area contributed by atoms with Crippen LogP contribution in [0.4, 0.5) is 13.2 Å². The summed E-state index contributed by atoms with van der Waals surface area (Å²) in [5.41, 5.74) is -0.831. The summed E-state index contributed by atoms with van der Waals surface area (Å²) < 4.78 is 51.1. The molecule has 0 aromatic carbocycles. The van der Waals surface area contributed by atoms with Crippen LogP contribution >= 0.6 is 31.9 Å². The molecule has 0 aliphatic heterocycles. The van der Waals surface area contributed by atoms with Gasteiger partial charge in [0.1, 0.15) is 6.79 Å². The van der Waals surface area contributed by atoms with Gasteiger partial charge in [0.2, 0.25) is 0 Å². The smallest absolute Gasteiger partial charge is 0.382 e. The highest BCUT2D eigenvalue weighted by atomic mass is 79.9. The third-order valence-corrected chi connectivity index (χ3v) is 2.37. The van der Waals surface area contributed by atoms with Crippen molar-refractivity contribution in [2.24, 2.45) is 0 Å². The molecule has 0 bridgehead atoms. The summed E-state index contributed by atoms with van der Waals surface area (Å²) in [5, 5.41) is 0. The van der Waals surface area contributed by atoms with Crippen LogP contribution in [0.25, 0.3) is 0 Å². The van der Waals surface area contributed by atoms with Crippen LogP contribution in [0.5, 0.6) is 0 Å². The summed E-state index contributed by atoms with van der Waals surface area (Å²) in [6.07, 6.45) is -4.44. The fraction of sp³-hybridized carbons (Fsp3) is 0.750. The fourth-order valence-electron chi connectivity index (χ4n) is 0.647. The van der Waals surface area contributed by atoms with Crippen molar-refractivity contribution in [3.8, 4) is 0 Å². The second kappa shape index (κ2) is 8.46. The fourth-order valence-corrected chi connectivity index (χ4v) is 1.33. The molecule has 0 spiro atoms. The number of rotatable bonds is 7. The molecule has 0 atom stereocenters. The molecule has 0 N–H and O–H groups in total. The van der Waals surface area contributed by atoms with Gasteiger partial charge in [0.05, 0.1) is 28.8 Å². The van der Waals surface area contributed by atoms with Gasteiger partial charge < -0.3 is 14.2 Å². The van der Waals surface area contributed by atoms with Crippen LogP contribution in [0.3, 0.4) is 0 Å². The molecule has 0 aromatic rings. The number of methoxy groups -OCH3 is 1. The normalized spacial score (nSPS) is 11.6. The van der Waals surface area contributed by atoms with E-state index in [1.165, 1.54) is 7.11 Å². The Kier molecular flexibility index (Phi) is 8.65. The van der Waals surface area contributed by atoms with Crippen molar-refractivity contribution in [3.05, 3.63) is 8.96 Å². The first-order valence-electron chi connectivity index (χ1n) is 4.15. The molecule has 0 heterocycles. The Morgan fingerprint density at radius 2 is 1.75 bits per heavy atom. The third-order valence-electron chi connectivity index (χ3n) is 1.42. The van der Waals surface area contributed by atoms with E-state index in [2.05, 4.69) is 36.6 Å². The van der Waals surface area contributed by atoms with Gasteiger partial charge in [-0.05, 0) is 31.9 Å². The molecule has 3 nitrogen and oxygen atoms in total. The average Bonchev–Trinajstić information content (AvgIpc) is 2.13. The Balaban J connectivity index is 3.85. The van der Waals surface area contributed by atoms with Crippen LogP contribution in [0, 0.1) is 0 Å². The minimum absolute atomic E-state index is 0.176. The lowest BCUT2D eigenvalue weighted by atomic mass is 10.3. The SMILES string of the molecule is COCCOCOCC(=C(Br)Br)C(F)(F)F. The molecule has 0 rings (SSSR count). The molecule has 96 valence electrons. The summed E-state index contributed by atoms with van der Waals surface area (Å²) in [4.78, 5) is 0. The zero-order chi connectivity index (χ0) is 12.6. The summed E-state index contributed by atoms with van der Waals surface area (Å²) in [6, 6.07) is 0. The van der Waals surface area contributed by atoms with Crippen LogP contribution in [-0.4, -0.2) is 39.9 Å². The molecule has 8 heteroatoms. The predicted octanol–water partition coefficient (Wildman–Crippen LogP) is 3.19. The van der Waals surface area contributed by atoms with E-state index in [0.717, 1.165) is 0 Å². The summed E-state index contributed by atoms with van der Waals surface area (Å²) in [5.74, 6) is 0. The van der Waals surface area contributed by atoms with Crippen LogP contribution in [0.2, 0.25) is 0 Å². The molecule has 0 aliphatic rings. The van der Waals surface area contributed by atoms with Crippen molar-refractivity contribution in [3.63, 3.8) is 0 Å². The van der Waals surface area contributed by atoms with E-state index in [1.54, 1.807) is 0 Å². The summed E-state index contributed by atoms with van der Waals surface area (Å²) in [7, 11) is 1.50. The monoisotopic (exact) mass is 370 g/mol. The Bertz CT molecular complexity index is 227. The van der Waals surface area contributed by atoms with Gasteiger partial charge >= 0.3 is 6.18 Å². The predicted molar refractivity (Wildman–Crippen MR) is 59.6 cm³/mol. The quantitative estimate of drug-likeness (QED) is 0.508. The minimum Gasteiger partial charge on any atom is -0.382 e. The van der Waals surface area contributed by atoms with Crippen LogP contribution in [0.15, 0.2) is 8.96 Å². The van der Waals surface area contributed by atoms with Crippen molar-refractivity contribution < 1.29 is 27.4 Å². The molecule has 0 fully saturated rings. The van der Waals surface area contributed by atoms with Crippen LogP contribution < -0.4 is 0 Å². The van der Waals surface area contributed by atoms with Gasteiger partial charge in [-0.25, -0.2) is 0 Å². The van der Waals surface area contributed by atoms with E-state index in [0.29, 0.717) is 6.61 Å². The first-order chi connectivity index (χ1) is 7.39. The van der Waals surface area contributed by atoms with Gasteiger partial charge in [0.25, 0.3) is 0 Å². The topological polar surface area (TPSA) is 27.7 Å². The number of ether oxygens (including phenoxy) is 3. The standard InChI is InChI=1S/C8H11Br2F3O3/c1-14-2-3-15-5-16-4-6(7(9)10)8(11,12)13/h2-5H2,1H3. The lowest BCUT2D eigenvalue weighted by Gasteiger charge is -2.12. The maximum Gasteiger partial charge on any atom is 0.416 e. The van der Waals surface area contributed by atoms with Crippen molar-refractivity contribution in [1.82, 2.24) is 0 Å². The highest BCUT2D eigenvalue weighted by molar-refractivity contribution is 9.28. The van der Waals surface area contributed by atoms with Crippen molar-refractivity contribution >= 4 is 31.9 Å². The summed E-state index contributed by atoms with van der Waals surface area (Å²) >= 11 is 5.41. The Hall–Kier alpha value is 0.370. The molecule has 0 saturated heterocycles. The lowest BCUT2D eigenvalue weighted by Crippen LogP contribution is -2.18. The van der Waals surface area contributed by atoms with Gasteiger partial charge in [-0.1, -0.05) is 0 Å². The number of hydrogen-bond donors (Lipinski definition) is 0. The highest BCUT2D eigenvalue weighted by Gasteiger charge is 2.35. The van der Waals surface area contributed by atoms with Crippen molar-refractivity contribution in [1.29, 1.82) is 0 Å². The lowest BCUT2D eigenvalue weighted by molar-refractivity contribution is -0.113. The highest BCUT2D eigenvalue weighted by Crippen LogP contribution is 2.33. The van der Waals surface area contributed by atoms with E-state index >= 15 is 0 Å². The Morgan fingerprint density at radius 3 is 2.19 bits per heavy atom. The number of halogens is 5. The van der Waals surface area contributed by atoms with Crippen molar-refractivity contribution in [2.75, 3.05) is 33.7 Å². The molecular weight excluding hydrogens is 361 g/mol. The number of hydrogen-bond acceptors (Lipinski definition) is 3. The molecule has 0 radical (unpaired) electrons. The van der Waals surface area contributed by atoms with Crippen molar-refractivity contribution in [2.45, 2.75) is 6.18 Å². The Morgan fingerprint density at radius 1 is 1.12 bits per heavy atom. The van der Waals surface area contributed by atoms with Gasteiger partial charge in [0.15, 0.2) is 0 Å². The molecular formula is C8H11Br2F3O3. The second-order valence-corrected chi connectivity index (χ2v) is 5.25. The van der Waals surface area contributed by atoms with Gasteiger partial charge in [0, 0.05) is 7.11 Å². The molecule has 0 aliphatic carbocycles. The zero-order valence-electron chi connectivity index (χ0n) is 8.44. The minimum atomic E-state index is -4.44. The Labute approximate surface area is 108 Å². The first kappa shape index (κ1) is 16.4. The molecule has 16 heavy (non-hydrogen) atoms. The van der Waals surface area contributed by atoms with Gasteiger partial charge in [-0.15, -0.1) is 0 Å². The molecule has 0 aromatic heterocycles. The third kappa shape index (κ3) is 7.61.